The molecule has 1 amide bonds. The summed E-state index contributed by atoms with van der Waals surface area (Å²) in [5.74, 6) is 2.34. The van der Waals surface area contributed by atoms with E-state index in [9.17, 15) is 4.79 Å². The van der Waals surface area contributed by atoms with Gasteiger partial charge >= 0.3 is 0 Å². The molecule has 0 aliphatic heterocycles. The van der Waals surface area contributed by atoms with Crippen LogP contribution in [-0.4, -0.2) is 33.8 Å². The van der Waals surface area contributed by atoms with Crippen molar-refractivity contribution in [1.82, 2.24) is 5.32 Å². The highest BCUT2D eigenvalue weighted by molar-refractivity contribution is 5.95. The number of carbonyl (C=O) groups excluding carboxylic acids is 1. The number of ether oxygens (including phenoxy) is 4. The maximum Gasteiger partial charge on any atom is 0.252 e. The fraction of sp³-hybridized carbons (Fsp3) is 0.409. The standard InChI is InChI=1S/C22H29NO5/c1-7-10-28-18-9-8-16(11-21(18)27-6)15(3)23-22(24)17-12-19(25-4)14(2)20(13-17)26-5/h8-9,11-13,15H,7,10H2,1-6H3,(H,23,24). The molecule has 2 aromatic carbocycles. The van der Waals surface area contributed by atoms with Crippen molar-refractivity contribution in [2.45, 2.75) is 33.2 Å². The van der Waals surface area contributed by atoms with Gasteiger partial charge in [0.2, 0.25) is 0 Å². The van der Waals surface area contributed by atoms with Crippen molar-refractivity contribution >= 4 is 5.91 Å². The van der Waals surface area contributed by atoms with Crippen molar-refractivity contribution in [2.75, 3.05) is 27.9 Å². The molecule has 2 rings (SSSR count). The number of nitrogens with one attached hydrogen (secondary N) is 1. The van der Waals surface area contributed by atoms with Crippen LogP contribution in [0.3, 0.4) is 0 Å². The Hall–Kier alpha value is -2.89. The van der Waals surface area contributed by atoms with E-state index >= 15 is 0 Å². The summed E-state index contributed by atoms with van der Waals surface area (Å²) in [7, 11) is 4.74. The summed E-state index contributed by atoms with van der Waals surface area (Å²) >= 11 is 0. The number of hydrogen-bond donors (Lipinski definition) is 1. The maximum absolute atomic E-state index is 12.8. The smallest absolute Gasteiger partial charge is 0.252 e. The number of hydrogen-bond acceptors (Lipinski definition) is 5. The summed E-state index contributed by atoms with van der Waals surface area (Å²) in [6.07, 6.45) is 0.918. The van der Waals surface area contributed by atoms with Gasteiger partial charge in [-0.05, 0) is 50.1 Å². The van der Waals surface area contributed by atoms with Gasteiger partial charge in [-0.1, -0.05) is 13.0 Å². The van der Waals surface area contributed by atoms with Crippen LogP contribution in [0.4, 0.5) is 0 Å². The second-order valence-electron chi connectivity index (χ2n) is 6.46. The van der Waals surface area contributed by atoms with Crippen molar-refractivity contribution < 1.29 is 23.7 Å². The molecule has 0 saturated carbocycles. The first-order chi connectivity index (χ1) is 13.4. The first-order valence-corrected chi connectivity index (χ1v) is 9.29. The predicted molar refractivity (Wildman–Crippen MR) is 109 cm³/mol. The van der Waals surface area contributed by atoms with Gasteiger partial charge in [0, 0.05) is 11.1 Å². The molecule has 6 heteroatoms. The van der Waals surface area contributed by atoms with Crippen LogP contribution in [0.15, 0.2) is 30.3 Å². The lowest BCUT2D eigenvalue weighted by molar-refractivity contribution is 0.0939. The van der Waals surface area contributed by atoms with Crippen LogP contribution in [0, 0.1) is 6.92 Å². The minimum Gasteiger partial charge on any atom is -0.496 e. The Labute approximate surface area is 166 Å². The van der Waals surface area contributed by atoms with Crippen molar-refractivity contribution in [3.8, 4) is 23.0 Å². The zero-order valence-electron chi connectivity index (χ0n) is 17.4. The summed E-state index contributed by atoms with van der Waals surface area (Å²) < 4.78 is 21.8. The average Bonchev–Trinajstić information content (AvgIpc) is 2.71. The molecule has 1 atom stereocenters. The lowest BCUT2D eigenvalue weighted by Crippen LogP contribution is -2.26. The second kappa shape index (κ2) is 9.88. The Kier molecular flexibility index (Phi) is 7.55. The van der Waals surface area contributed by atoms with Gasteiger partial charge < -0.3 is 24.3 Å². The van der Waals surface area contributed by atoms with E-state index in [1.807, 2.05) is 39.0 Å². The highest BCUT2D eigenvalue weighted by Crippen LogP contribution is 2.32. The summed E-state index contributed by atoms with van der Waals surface area (Å²) in [5.41, 5.74) is 2.24. The Morgan fingerprint density at radius 1 is 0.964 bits per heavy atom. The molecule has 0 spiro atoms. The van der Waals surface area contributed by atoms with Gasteiger partial charge in [0.25, 0.3) is 5.91 Å². The number of rotatable bonds is 9. The van der Waals surface area contributed by atoms with E-state index in [1.54, 1.807) is 33.5 Å². The Bertz CT molecular complexity index is 794. The third kappa shape index (κ3) is 4.88. The van der Waals surface area contributed by atoms with E-state index < -0.39 is 0 Å². The summed E-state index contributed by atoms with van der Waals surface area (Å²) in [6, 6.07) is 8.87. The minimum atomic E-state index is -0.222. The molecule has 0 heterocycles. The molecule has 2 aromatic rings. The molecule has 152 valence electrons. The van der Waals surface area contributed by atoms with Crippen molar-refractivity contribution in [2.24, 2.45) is 0 Å². The van der Waals surface area contributed by atoms with E-state index in [-0.39, 0.29) is 11.9 Å². The molecule has 1 N–H and O–H groups in total. The van der Waals surface area contributed by atoms with Gasteiger partial charge in [0.1, 0.15) is 11.5 Å². The van der Waals surface area contributed by atoms with Gasteiger partial charge in [-0.3, -0.25) is 4.79 Å². The zero-order chi connectivity index (χ0) is 20.7. The number of amides is 1. The lowest BCUT2D eigenvalue weighted by atomic mass is 10.1. The molecule has 0 aromatic heterocycles. The molecular weight excluding hydrogens is 358 g/mol. The van der Waals surface area contributed by atoms with Crippen LogP contribution in [0.2, 0.25) is 0 Å². The normalized spacial score (nSPS) is 11.5. The van der Waals surface area contributed by atoms with Crippen LogP contribution in [0.25, 0.3) is 0 Å². The third-order valence-electron chi connectivity index (χ3n) is 4.51. The molecule has 28 heavy (non-hydrogen) atoms. The van der Waals surface area contributed by atoms with Gasteiger partial charge in [0.15, 0.2) is 11.5 Å². The Morgan fingerprint density at radius 3 is 2.11 bits per heavy atom. The van der Waals surface area contributed by atoms with Crippen LogP contribution in [0.5, 0.6) is 23.0 Å². The van der Waals surface area contributed by atoms with Gasteiger partial charge in [-0.25, -0.2) is 0 Å². The molecule has 0 radical (unpaired) electrons. The lowest BCUT2D eigenvalue weighted by Gasteiger charge is -2.18. The molecule has 0 bridgehead atoms. The van der Waals surface area contributed by atoms with Crippen LogP contribution in [-0.2, 0) is 0 Å². The van der Waals surface area contributed by atoms with E-state index in [0.717, 1.165) is 17.5 Å². The van der Waals surface area contributed by atoms with Crippen molar-refractivity contribution in [1.29, 1.82) is 0 Å². The fourth-order valence-electron chi connectivity index (χ4n) is 2.87. The highest BCUT2D eigenvalue weighted by atomic mass is 16.5. The summed E-state index contributed by atoms with van der Waals surface area (Å²) in [6.45, 7) is 6.48. The molecule has 1 unspecified atom stereocenters. The van der Waals surface area contributed by atoms with E-state index in [1.165, 1.54) is 0 Å². The third-order valence-corrected chi connectivity index (χ3v) is 4.51. The minimum absolute atomic E-state index is 0.214. The number of methoxy groups -OCH3 is 3. The largest absolute Gasteiger partial charge is 0.496 e. The second-order valence-corrected chi connectivity index (χ2v) is 6.46. The van der Waals surface area contributed by atoms with Crippen LogP contribution >= 0.6 is 0 Å². The fourth-order valence-corrected chi connectivity index (χ4v) is 2.87. The van der Waals surface area contributed by atoms with Gasteiger partial charge in [-0.15, -0.1) is 0 Å². The van der Waals surface area contributed by atoms with Gasteiger partial charge in [-0.2, -0.15) is 0 Å². The Morgan fingerprint density at radius 2 is 1.57 bits per heavy atom. The molecule has 0 aliphatic rings. The number of carbonyl (C=O) groups is 1. The van der Waals surface area contributed by atoms with E-state index in [4.69, 9.17) is 18.9 Å². The summed E-state index contributed by atoms with van der Waals surface area (Å²) in [5, 5.41) is 3.00. The topological polar surface area (TPSA) is 66.0 Å². The predicted octanol–water partition coefficient (Wildman–Crippen LogP) is 4.30. The first kappa shape index (κ1) is 21.4. The highest BCUT2D eigenvalue weighted by Gasteiger charge is 2.17. The molecule has 0 saturated heterocycles. The zero-order valence-corrected chi connectivity index (χ0v) is 17.4. The van der Waals surface area contributed by atoms with Crippen LogP contribution < -0.4 is 24.3 Å². The van der Waals surface area contributed by atoms with E-state index in [2.05, 4.69) is 5.32 Å². The average molecular weight is 387 g/mol. The van der Waals surface area contributed by atoms with Crippen molar-refractivity contribution in [3.63, 3.8) is 0 Å². The SMILES string of the molecule is CCCOc1ccc(C(C)NC(=O)c2cc(OC)c(C)c(OC)c2)cc1OC. The monoisotopic (exact) mass is 387 g/mol. The molecule has 6 nitrogen and oxygen atoms in total. The maximum atomic E-state index is 12.8. The molecule has 0 aliphatic carbocycles. The summed E-state index contributed by atoms with van der Waals surface area (Å²) in [4.78, 5) is 12.8. The van der Waals surface area contributed by atoms with Crippen LogP contribution in [0.1, 0.15) is 47.8 Å². The quantitative estimate of drug-likeness (QED) is 0.695. The van der Waals surface area contributed by atoms with Crippen molar-refractivity contribution in [3.05, 3.63) is 47.0 Å². The Balaban J connectivity index is 2.20. The first-order valence-electron chi connectivity index (χ1n) is 9.29. The van der Waals surface area contributed by atoms with E-state index in [0.29, 0.717) is 35.2 Å². The molecule has 0 fully saturated rings. The number of benzene rings is 2. The molecular formula is C22H29NO5. The van der Waals surface area contributed by atoms with Gasteiger partial charge in [0.05, 0.1) is 34.0 Å².